The van der Waals surface area contributed by atoms with Gasteiger partial charge in [0.15, 0.2) is 0 Å². The Hall–Kier alpha value is -3.98. The molecule has 0 unspecified atom stereocenters. The molecule has 1 aliphatic rings. The Morgan fingerprint density at radius 1 is 0.973 bits per heavy atom. The lowest BCUT2D eigenvalue weighted by Crippen LogP contribution is -2.35. The highest BCUT2D eigenvalue weighted by molar-refractivity contribution is 7.21. The van der Waals surface area contributed by atoms with E-state index in [-0.39, 0.29) is 5.91 Å². The van der Waals surface area contributed by atoms with E-state index in [0.717, 1.165) is 76.1 Å². The molecule has 6 rings (SSSR count). The van der Waals surface area contributed by atoms with Gasteiger partial charge in [0, 0.05) is 49.4 Å². The second kappa shape index (κ2) is 10.6. The molecular weight excluding hydrogens is 482 g/mol. The van der Waals surface area contributed by atoms with E-state index >= 15 is 0 Å². The van der Waals surface area contributed by atoms with Crippen LogP contribution in [0.4, 0.5) is 5.69 Å². The van der Waals surface area contributed by atoms with Gasteiger partial charge in [-0.2, -0.15) is 0 Å². The highest BCUT2D eigenvalue weighted by Gasteiger charge is 2.16. The highest BCUT2D eigenvalue weighted by Crippen LogP contribution is 2.34. The van der Waals surface area contributed by atoms with Gasteiger partial charge in [-0.25, -0.2) is 9.97 Å². The number of nitrogens with one attached hydrogen (secondary N) is 1. The summed E-state index contributed by atoms with van der Waals surface area (Å²) in [6.45, 7) is 4.24. The quantitative estimate of drug-likeness (QED) is 0.327. The zero-order valence-corrected chi connectivity index (χ0v) is 20.9. The van der Waals surface area contributed by atoms with Crippen LogP contribution in [0.5, 0.6) is 0 Å². The van der Waals surface area contributed by atoms with Gasteiger partial charge in [0.2, 0.25) is 0 Å². The number of hydrogen-bond acceptors (Lipinski definition) is 7. The molecule has 0 aliphatic carbocycles. The van der Waals surface area contributed by atoms with Crippen molar-refractivity contribution in [1.82, 2.24) is 19.9 Å². The summed E-state index contributed by atoms with van der Waals surface area (Å²) in [5, 5.41) is 3.92. The largest absolute Gasteiger partial charge is 0.379 e. The van der Waals surface area contributed by atoms with Gasteiger partial charge in [-0.15, -0.1) is 0 Å². The zero-order valence-electron chi connectivity index (χ0n) is 20.1. The number of nitrogens with zero attached hydrogens (tertiary/aromatic N) is 4. The fourth-order valence-electron chi connectivity index (χ4n) is 4.44. The van der Waals surface area contributed by atoms with E-state index in [1.54, 1.807) is 12.4 Å². The van der Waals surface area contributed by atoms with Gasteiger partial charge in [0.1, 0.15) is 15.4 Å². The van der Waals surface area contributed by atoms with Crippen LogP contribution in [0.1, 0.15) is 15.9 Å². The number of rotatable bonds is 6. The first kappa shape index (κ1) is 23.4. The Kier molecular flexibility index (Phi) is 6.68. The summed E-state index contributed by atoms with van der Waals surface area (Å²) in [6, 6.07) is 21.3. The fourth-order valence-corrected chi connectivity index (χ4v) is 5.37. The molecule has 8 heteroatoms. The molecule has 0 atom stereocenters. The number of anilines is 1. The van der Waals surface area contributed by atoms with Gasteiger partial charge in [-0.3, -0.25) is 14.7 Å². The predicted octanol–water partition coefficient (Wildman–Crippen LogP) is 5.50. The Labute approximate surface area is 218 Å². The van der Waals surface area contributed by atoms with Gasteiger partial charge in [-0.1, -0.05) is 35.6 Å². The van der Waals surface area contributed by atoms with Crippen LogP contribution < -0.4 is 5.32 Å². The number of benzene rings is 2. The van der Waals surface area contributed by atoms with E-state index in [9.17, 15) is 4.79 Å². The van der Waals surface area contributed by atoms with E-state index in [0.29, 0.717) is 5.56 Å². The van der Waals surface area contributed by atoms with Gasteiger partial charge >= 0.3 is 0 Å². The molecule has 1 aliphatic heterocycles. The molecule has 1 fully saturated rings. The lowest BCUT2D eigenvalue weighted by atomic mass is 10.0. The molecule has 1 N–H and O–H groups in total. The van der Waals surface area contributed by atoms with Crippen molar-refractivity contribution in [2.24, 2.45) is 0 Å². The van der Waals surface area contributed by atoms with Gasteiger partial charge in [0.05, 0.1) is 18.9 Å². The average Bonchev–Trinajstić information content (AvgIpc) is 3.38. The van der Waals surface area contributed by atoms with E-state index in [1.165, 1.54) is 11.3 Å². The number of fused-ring (bicyclic) bond motifs is 1. The maximum atomic E-state index is 13.2. The van der Waals surface area contributed by atoms with E-state index in [4.69, 9.17) is 9.72 Å². The molecule has 1 amide bonds. The molecule has 184 valence electrons. The normalized spacial score (nSPS) is 14.1. The summed E-state index contributed by atoms with van der Waals surface area (Å²) in [6.07, 6.45) is 5.43. The third kappa shape index (κ3) is 5.27. The number of para-hydroxylation sites is 1. The van der Waals surface area contributed by atoms with Crippen LogP contribution in [0.25, 0.3) is 32.0 Å². The van der Waals surface area contributed by atoms with Gasteiger partial charge in [0.25, 0.3) is 5.91 Å². The lowest BCUT2D eigenvalue weighted by Gasteiger charge is -2.26. The Morgan fingerprint density at radius 3 is 2.68 bits per heavy atom. The second-order valence-corrected chi connectivity index (χ2v) is 9.87. The summed E-state index contributed by atoms with van der Waals surface area (Å²) >= 11 is 1.53. The van der Waals surface area contributed by atoms with Crippen LogP contribution >= 0.6 is 11.3 Å². The van der Waals surface area contributed by atoms with Crippen LogP contribution in [0.3, 0.4) is 0 Å². The second-order valence-electron chi connectivity index (χ2n) is 8.89. The van der Waals surface area contributed by atoms with Crippen molar-refractivity contribution in [2.75, 3.05) is 31.6 Å². The summed E-state index contributed by atoms with van der Waals surface area (Å²) < 4.78 is 5.45. The third-order valence-corrected chi connectivity index (χ3v) is 7.37. The van der Waals surface area contributed by atoms with Crippen molar-refractivity contribution < 1.29 is 9.53 Å². The Morgan fingerprint density at radius 2 is 1.81 bits per heavy atom. The minimum absolute atomic E-state index is 0.171. The number of carbonyl (C=O) groups is 1. The smallest absolute Gasteiger partial charge is 0.255 e. The SMILES string of the molecule is O=C(Nc1ccccc1-c1nc2cc(CN3CCOCC3)cnc2s1)c1cccc(-c2ccncc2)c1. The number of amides is 1. The third-order valence-electron chi connectivity index (χ3n) is 6.36. The molecule has 1 saturated heterocycles. The Balaban J connectivity index is 1.24. The number of carbonyl (C=O) groups excluding carboxylic acids is 1. The highest BCUT2D eigenvalue weighted by atomic mass is 32.1. The summed E-state index contributed by atoms with van der Waals surface area (Å²) in [5.74, 6) is -0.171. The maximum absolute atomic E-state index is 13.2. The predicted molar refractivity (Wildman–Crippen MR) is 147 cm³/mol. The molecule has 2 aromatic carbocycles. The minimum Gasteiger partial charge on any atom is -0.379 e. The number of hydrogen-bond donors (Lipinski definition) is 1. The monoisotopic (exact) mass is 507 g/mol. The van der Waals surface area contributed by atoms with Crippen LogP contribution in [-0.4, -0.2) is 52.1 Å². The molecule has 0 saturated carbocycles. The number of aromatic nitrogens is 3. The zero-order chi connectivity index (χ0) is 25.0. The molecule has 3 aromatic heterocycles. The van der Waals surface area contributed by atoms with E-state index in [2.05, 4.69) is 26.3 Å². The fraction of sp³-hybridized carbons (Fsp3) is 0.172. The lowest BCUT2D eigenvalue weighted by molar-refractivity contribution is 0.0341. The average molecular weight is 508 g/mol. The Bertz CT molecular complexity index is 1550. The first-order chi connectivity index (χ1) is 18.2. The topological polar surface area (TPSA) is 80.2 Å². The van der Waals surface area contributed by atoms with Crippen LogP contribution in [0.2, 0.25) is 0 Å². The summed E-state index contributed by atoms with van der Waals surface area (Å²) in [5.41, 5.74) is 6.17. The molecule has 0 spiro atoms. The van der Waals surface area contributed by atoms with E-state index in [1.807, 2.05) is 66.9 Å². The van der Waals surface area contributed by atoms with Gasteiger partial charge in [-0.05, 0) is 59.2 Å². The van der Waals surface area contributed by atoms with Gasteiger partial charge < -0.3 is 10.1 Å². The van der Waals surface area contributed by atoms with E-state index < -0.39 is 0 Å². The van der Waals surface area contributed by atoms with Crippen LogP contribution in [0.15, 0.2) is 85.3 Å². The van der Waals surface area contributed by atoms with Crippen molar-refractivity contribution in [1.29, 1.82) is 0 Å². The molecule has 0 bridgehead atoms. The first-order valence-electron chi connectivity index (χ1n) is 12.2. The number of ether oxygens (including phenoxy) is 1. The van der Waals surface area contributed by atoms with Crippen molar-refractivity contribution in [3.05, 3.63) is 96.4 Å². The van der Waals surface area contributed by atoms with Crippen molar-refractivity contribution in [3.63, 3.8) is 0 Å². The number of thiazole rings is 1. The standard InChI is InChI=1S/C29H25N5O2S/c35-27(23-5-3-4-22(17-23)21-8-10-30-11-9-21)32-25-7-2-1-6-24(25)28-33-26-16-20(18-31-29(26)37-28)19-34-12-14-36-15-13-34/h1-11,16-18H,12-15,19H2,(H,32,35). The maximum Gasteiger partial charge on any atom is 0.255 e. The molecule has 5 aromatic rings. The number of pyridine rings is 2. The summed E-state index contributed by atoms with van der Waals surface area (Å²) in [4.78, 5) is 30.1. The number of morpholine rings is 1. The molecular formula is C29H25N5O2S. The molecule has 0 radical (unpaired) electrons. The summed E-state index contributed by atoms with van der Waals surface area (Å²) in [7, 11) is 0. The minimum atomic E-state index is -0.171. The molecule has 7 nitrogen and oxygen atoms in total. The van der Waals surface area contributed by atoms with Crippen molar-refractivity contribution in [2.45, 2.75) is 6.54 Å². The van der Waals surface area contributed by atoms with Crippen LogP contribution in [0, 0.1) is 0 Å². The first-order valence-corrected chi connectivity index (χ1v) is 13.0. The molecule has 4 heterocycles. The van der Waals surface area contributed by atoms with Crippen molar-refractivity contribution in [3.8, 4) is 21.7 Å². The molecule has 37 heavy (non-hydrogen) atoms. The van der Waals surface area contributed by atoms with Crippen molar-refractivity contribution >= 4 is 33.3 Å². The van der Waals surface area contributed by atoms with Crippen LogP contribution in [-0.2, 0) is 11.3 Å².